The van der Waals surface area contributed by atoms with Gasteiger partial charge in [0, 0.05) is 4.47 Å². The number of benzene rings is 3. The SMILES string of the molecule is O=C1c2cc3ccccc3cc2C(=O)N1c1ccc(Br)cc1. The van der Waals surface area contributed by atoms with Gasteiger partial charge in [0.05, 0.1) is 16.8 Å². The lowest BCUT2D eigenvalue weighted by Gasteiger charge is -2.13. The van der Waals surface area contributed by atoms with Crippen molar-refractivity contribution in [3.63, 3.8) is 0 Å². The van der Waals surface area contributed by atoms with E-state index >= 15 is 0 Å². The van der Waals surface area contributed by atoms with Crippen molar-refractivity contribution in [1.82, 2.24) is 0 Å². The molecule has 106 valence electrons. The summed E-state index contributed by atoms with van der Waals surface area (Å²) in [6.07, 6.45) is 0. The Hall–Kier alpha value is -2.46. The molecule has 3 aromatic carbocycles. The molecule has 0 saturated carbocycles. The first kappa shape index (κ1) is 13.2. The molecule has 0 fully saturated rings. The smallest absolute Gasteiger partial charge is 0.266 e. The fourth-order valence-corrected chi connectivity index (χ4v) is 3.02. The van der Waals surface area contributed by atoms with Crippen LogP contribution in [0.3, 0.4) is 0 Å². The van der Waals surface area contributed by atoms with Crippen LogP contribution in [0.5, 0.6) is 0 Å². The number of hydrogen-bond acceptors (Lipinski definition) is 2. The van der Waals surface area contributed by atoms with Crippen LogP contribution in [0.4, 0.5) is 5.69 Å². The number of hydrogen-bond donors (Lipinski definition) is 0. The molecular weight excluding hydrogens is 342 g/mol. The summed E-state index contributed by atoms with van der Waals surface area (Å²) in [7, 11) is 0. The second-order valence-corrected chi connectivity index (χ2v) is 6.08. The molecule has 3 aromatic rings. The van der Waals surface area contributed by atoms with Gasteiger partial charge < -0.3 is 0 Å². The molecule has 0 saturated heterocycles. The van der Waals surface area contributed by atoms with Gasteiger partial charge >= 0.3 is 0 Å². The van der Waals surface area contributed by atoms with Crippen molar-refractivity contribution in [2.24, 2.45) is 0 Å². The van der Waals surface area contributed by atoms with Crippen molar-refractivity contribution in [2.75, 3.05) is 4.90 Å². The molecule has 4 rings (SSSR count). The number of carbonyl (C=O) groups is 2. The van der Waals surface area contributed by atoms with Crippen LogP contribution in [-0.4, -0.2) is 11.8 Å². The van der Waals surface area contributed by atoms with Crippen LogP contribution in [0.2, 0.25) is 0 Å². The minimum absolute atomic E-state index is 0.270. The summed E-state index contributed by atoms with van der Waals surface area (Å²) in [5.41, 5.74) is 1.51. The molecule has 4 heteroatoms. The molecule has 0 aliphatic carbocycles. The van der Waals surface area contributed by atoms with E-state index in [-0.39, 0.29) is 11.8 Å². The first-order valence-corrected chi connectivity index (χ1v) is 7.61. The van der Waals surface area contributed by atoms with E-state index in [0.717, 1.165) is 15.2 Å². The van der Waals surface area contributed by atoms with Crippen LogP contribution in [0.15, 0.2) is 65.1 Å². The molecule has 0 bridgehead atoms. The Balaban J connectivity index is 1.88. The molecule has 0 aromatic heterocycles. The van der Waals surface area contributed by atoms with Gasteiger partial charge in [0.1, 0.15) is 0 Å². The van der Waals surface area contributed by atoms with E-state index in [1.54, 1.807) is 24.3 Å². The van der Waals surface area contributed by atoms with Gasteiger partial charge in [-0.05, 0) is 47.2 Å². The Morgan fingerprint density at radius 3 is 1.73 bits per heavy atom. The maximum absolute atomic E-state index is 12.6. The minimum atomic E-state index is -0.270. The zero-order valence-corrected chi connectivity index (χ0v) is 13.0. The van der Waals surface area contributed by atoms with Crippen LogP contribution in [-0.2, 0) is 0 Å². The van der Waals surface area contributed by atoms with Crippen LogP contribution in [0.25, 0.3) is 10.8 Å². The van der Waals surface area contributed by atoms with E-state index in [4.69, 9.17) is 0 Å². The highest BCUT2D eigenvalue weighted by molar-refractivity contribution is 9.10. The van der Waals surface area contributed by atoms with Crippen LogP contribution in [0.1, 0.15) is 20.7 Å². The van der Waals surface area contributed by atoms with Crippen molar-refractivity contribution >= 4 is 44.2 Å². The predicted octanol–water partition coefficient (Wildman–Crippen LogP) is 4.40. The second-order valence-electron chi connectivity index (χ2n) is 5.17. The van der Waals surface area contributed by atoms with Crippen molar-refractivity contribution in [3.05, 3.63) is 76.3 Å². The first-order chi connectivity index (χ1) is 10.6. The van der Waals surface area contributed by atoms with Gasteiger partial charge in [0.15, 0.2) is 0 Å². The molecule has 22 heavy (non-hydrogen) atoms. The first-order valence-electron chi connectivity index (χ1n) is 6.82. The Bertz CT molecular complexity index is 877. The van der Waals surface area contributed by atoms with Gasteiger partial charge in [0.2, 0.25) is 0 Å². The number of anilines is 1. The van der Waals surface area contributed by atoms with Crippen LogP contribution >= 0.6 is 15.9 Å². The predicted molar refractivity (Wildman–Crippen MR) is 89.2 cm³/mol. The molecule has 0 spiro atoms. The summed E-state index contributed by atoms with van der Waals surface area (Å²) < 4.78 is 0.901. The van der Waals surface area contributed by atoms with E-state index in [9.17, 15) is 9.59 Å². The quantitative estimate of drug-likeness (QED) is 0.609. The van der Waals surface area contributed by atoms with Gasteiger partial charge in [-0.1, -0.05) is 40.2 Å². The number of carbonyl (C=O) groups excluding carboxylic acids is 2. The van der Waals surface area contributed by atoms with Gasteiger partial charge in [-0.2, -0.15) is 0 Å². The lowest BCUT2D eigenvalue weighted by atomic mass is 10.0. The van der Waals surface area contributed by atoms with Crippen molar-refractivity contribution in [2.45, 2.75) is 0 Å². The summed E-state index contributed by atoms with van der Waals surface area (Å²) in [5, 5.41) is 1.92. The molecule has 0 radical (unpaired) electrons. The van der Waals surface area contributed by atoms with Gasteiger partial charge in [-0.25, -0.2) is 4.90 Å². The molecular formula is C18H10BrNO2. The Labute approximate surface area is 135 Å². The lowest BCUT2D eigenvalue weighted by molar-refractivity contribution is 0.0926. The minimum Gasteiger partial charge on any atom is -0.268 e. The standard InChI is InChI=1S/C18H10BrNO2/c19-13-5-7-14(8-6-13)20-17(21)15-9-11-3-1-2-4-12(11)10-16(15)18(20)22/h1-10H. The second kappa shape index (κ2) is 4.78. The van der Waals surface area contributed by atoms with Crippen molar-refractivity contribution in [1.29, 1.82) is 0 Å². The highest BCUT2D eigenvalue weighted by Gasteiger charge is 2.36. The molecule has 0 atom stereocenters. The summed E-state index contributed by atoms with van der Waals surface area (Å²) >= 11 is 3.35. The van der Waals surface area contributed by atoms with Crippen LogP contribution in [0, 0.1) is 0 Å². The number of amides is 2. The number of imide groups is 1. The molecule has 3 nitrogen and oxygen atoms in total. The Morgan fingerprint density at radius 2 is 1.23 bits per heavy atom. The zero-order chi connectivity index (χ0) is 15.3. The Kier molecular flexibility index (Phi) is 2.87. The molecule has 2 amide bonds. The fourth-order valence-electron chi connectivity index (χ4n) is 2.75. The van der Waals surface area contributed by atoms with E-state index in [1.165, 1.54) is 4.90 Å². The molecule has 1 heterocycles. The molecule has 1 aliphatic rings. The van der Waals surface area contributed by atoms with Crippen molar-refractivity contribution in [3.8, 4) is 0 Å². The highest BCUT2D eigenvalue weighted by Crippen LogP contribution is 2.31. The third-order valence-corrected chi connectivity index (χ3v) is 4.37. The molecule has 0 unspecified atom stereocenters. The van der Waals surface area contributed by atoms with Gasteiger partial charge in [0.25, 0.3) is 11.8 Å². The topological polar surface area (TPSA) is 37.4 Å². The normalized spacial score (nSPS) is 13.8. The summed E-state index contributed by atoms with van der Waals surface area (Å²) in [4.78, 5) is 26.5. The van der Waals surface area contributed by atoms with Gasteiger partial charge in [-0.3, -0.25) is 9.59 Å². The van der Waals surface area contributed by atoms with E-state index in [1.807, 2.05) is 36.4 Å². The van der Waals surface area contributed by atoms with E-state index in [0.29, 0.717) is 16.8 Å². The molecule has 1 aliphatic heterocycles. The van der Waals surface area contributed by atoms with Gasteiger partial charge in [-0.15, -0.1) is 0 Å². The third kappa shape index (κ3) is 1.88. The molecule has 0 N–H and O–H groups in total. The highest BCUT2D eigenvalue weighted by atomic mass is 79.9. The number of nitrogens with zero attached hydrogens (tertiary/aromatic N) is 1. The average Bonchev–Trinajstić information content (AvgIpc) is 2.78. The fraction of sp³-hybridized carbons (Fsp3) is 0. The van der Waals surface area contributed by atoms with Crippen LogP contribution < -0.4 is 4.90 Å². The summed E-state index contributed by atoms with van der Waals surface area (Å²) in [5.74, 6) is -0.541. The largest absolute Gasteiger partial charge is 0.268 e. The average molecular weight is 352 g/mol. The lowest BCUT2D eigenvalue weighted by Crippen LogP contribution is -2.29. The Morgan fingerprint density at radius 1 is 0.727 bits per heavy atom. The maximum atomic E-state index is 12.6. The third-order valence-electron chi connectivity index (χ3n) is 3.84. The zero-order valence-electron chi connectivity index (χ0n) is 11.4. The van der Waals surface area contributed by atoms with Crippen molar-refractivity contribution < 1.29 is 9.59 Å². The number of halogens is 1. The monoisotopic (exact) mass is 351 g/mol. The van der Waals surface area contributed by atoms with E-state index in [2.05, 4.69) is 15.9 Å². The summed E-state index contributed by atoms with van der Waals surface area (Å²) in [6, 6.07) is 18.4. The summed E-state index contributed by atoms with van der Waals surface area (Å²) in [6.45, 7) is 0. The maximum Gasteiger partial charge on any atom is 0.266 e. The number of fused-ring (bicyclic) bond motifs is 2. The number of rotatable bonds is 1. The van der Waals surface area contributed by atoms with E-state index < -0.39 is 0 Å².